The summed E-state index contributed by atoms with van der Waals surface area (Å²) < 4.78 is 14.0. The third kappa shape index (κ3) is 3.18. The fourth-order valence-corrected chi connectivity index (χ4v) is 2.05. The van der Waals surface area contributed by atoms with Crippen LogP contribution in [0.25, 0.3) is 0 Å². The second kappa shape index (κ2) is 6.09. The van der Waals surface area contributed by atoms with Gasteiger partial charge in [-0.15, -0.1) is 12.4 Å². The van der Waals surface area contributed by atoms with Crippen LogP contribution in [0.15, 0.2) is 30.3 Å². The van der Waals surface area contributed by atoms with Crippen LogP contribution in [0.4, 0.5) is 4.39 Å². The summed E-state index contributed by atoms with van der Waals surface area (Å²) in [6.45, 7) is 1.91. The molecule has 0 bridgehead atoms. The van der Waals surface area contributed by atoms with Gasteiger partial charge in [0.1, 0.15) is 6.17 Å². The Morgan fingerprint density at radius 1 is 1.13 bits per heavy atom. The first-order valence-corrected chi connectivity index (χ1v) is 5.27. The highest BCUT2D eigenvalue weighted by Gasteiger charge is 2.23. The van der Waals surface area contributed by atoms with Gasteiger partial charge in [0.25, 0.3) is 0 Å². The van der Waals surface area contributed by atoms with Gasteiger partial charge in [-0.05, 0) is 37.4 Å². The minimum Gasteiger partial charge on any atom is -0.317 e. The highest BCUT2D eigenvalue weighted by Crippen LogP contribution is 2.31. The minimum absolute atomic E-state index is 0. The molecule has 2 rings (SSSR count). The molecule has 1 atom stereocenters. The van der Waals surface area contributed by atoms with E-state index in [9.17, 15) is 4.39 Å². The highest BCUT2D eigenvalue weighted by molar-refractivity contribution is 5.85. The summed E-state index contributed by atoms with van der Waals surface area (Å²) in [5.41, 5.74) is 0.833. The van der Waals surface area contributed by atoms with Gasteiger partial charge in [0.05, 0.1) is 0 Å². The number of piperidine rings is 1. The molecule has 15 heavy (non-hydrogen) atoms. The van der Waals surface area contributed by atoms with Crippen LogP contribution in [0.1, 0.15) is 24.6 Å². The highest BCUT2D eigenvalue weighted by atomic mass is 35.5. The monoisotopic (exact) mass is 229 g/mol. The Hall–Kier alpha value is -0.600. The van der Waals surface area contributed by atoms with Crippen LogP contribution in [-0.2, 0) is 0 Å². The number of hydrogen-bond donors (Lipinski definition) is 1. The van der Waals surface area contributed by atoms with Crippen molar-refractivity contribution in [2.75, 3.05) is 13.1 Å². The molecule has 1 N–H and O–H groups in total. The van der Waals surface area contributed by atoms with Gasteiger partial charge in [-0.2, -0.15) is 0 Å². The second-order valence-corrected chi connectivity index (χ2v) is 3.90. The molecule has 0 amide bonds. The van der Waals surface area contributed by atoms with E-state index in [-0.39, 0.29) is 18.3 Å². The molecule has 0 spiro atoms. The van der Waals surface area contributed by atoms with Crippen molar-refractivity contribution in [3.8, 4) is 0 Å². The van der Waals surface area contributed by atoms with E-state index in [4.69, 9.17) is 0 Å². The Labute approximate surface area is 96.5 Å². The molecule has 1 aromatic carbocycles. The quantitative estimate of drug-likeness (QED) is 0.822. The van der Waals surface area contributed by atoms with Crippen LogP contribution >= 0.6 is 12.4 Å². The summed E-state index contributed by atoms with van der Waals surface area (Å²) in [5, 5.41) is 3.25. The van der Waals surface area contributed by atoms with E-state index in [1.54, 1.807) is 0 Å². The Morgan fingerprint density at radius 2 is 1.73 bits per heavy atom. The number of hydrogen-bond acceptors (Lipinski definition) is 1. The maximum absolute atomic E-state index is 14.0. The van der Waals surface area contributed by atoms with E-state index in [1.165, 1.54) is 0 Å². The van der Waals surface area contributed by atoms with Crippen molar-refractivity contribution in [3.63, 3.8) is 0 Å². The van der Waals surface area contributed by atoms with Crippen LogP contribution < -0.4 is 5.32 Å². The molecule has 1 unspecified atom stereocenters. The molecule has 1 nitrogen and oxygen atoms in total. The Kier molecular flexibility index (Phi) is 5.06. The summed E-state index contributed by atoms with van der Waals surface area (Å²) in [6, 6.07) is 9.50. The van der Waals surface area contributed by atoms with Crippen molar-refractivity contribution in [1.82, 2.24) is 5.32 Å². The van der Waals surface area contributed by atoms with Crippen molar-refractivity contribution >= 4 is 12.4 Å². The van der Waals surface area contributed by atoms with E-state index in [2.05, 4.69) is 5.32 Å². The van der Waals surface area contributed by atoms with Gasteiger partial charge in [-0.1, -0.05) is 30.3 Å². The smallest absolute Gasteiger partial charge is 0.128 e. The Morgan fingerprint density at radius 3 is 2.33 bits per heavy atom. The van der Waals surface area contributed by atoms with E-state index in [0.29, 0.717) is 0 Å². The van der Waals surface area contributed by atoms with E-state index in [0.717, 1.165) is 31.5 Å². The lowest BCUT2D eigenvalue weighted by Crippen LogP contribution is -2.29. The SMILES string of the molecule is Cl.FC(c1ccccc1)C1CCNCC1. The zero-order valence-corrected chi connectivity index (χ0v) is 9.47. The molecule has 0 saturated carbocycles. The van der Waals surface area contributed by atoms with Gasteiger partial charge >= 0.3 is 0 Å². The van der Waals surface area contributed by atoms with Crippen LogP contribution in [0.3, 0.4) is 0 Å². The van der Waals surface area contributed by atoms with Crippen LogP contribution in [0.5, 0.6) is 0 Å². The lowest BCUT2D eigenvalue weighted by molar-refractivity contribution is 0.190. The summed E-state index contributed by atoms with van der Waals surface area (Å²) >= 11 is 0. The predicted octanol–water partition coefficient (Wildman–Crippen LogP) is 3.12. The van der Waals surface area contributed by atoms with E-state index < -0.39 is 6.17 Å². The average molecular weight is 230 g/mol. The molecule has 1 aliphatic heterocycles. The zero-order chi connectivity index (χ0) is 9.80. The Bertz CT molecular complexity index is 272. The maximum atomic E-state index is 14.0. The number of benzene rings is 1. The number of alkyl halides is 1. The predicted molar refractivity (Wildman–Crippen MR) is 63.1 cm³/mol. The third-order valence-corrected chi connectivity index (χ3v) is 2.92. The average Bonchev–Trinajstić information content (AvgIpc) is 2.30. The van der Waals surface area contributed by atoms with Gasteiger partial charge in [0, 0.05) is 0 Å². The molecule has 0 aromatic heterocycles. The van der Waals surface area contributed by atoms with Gasteiger partial charge in [0.2, 0.25) is 0 Å². The summed E-state index contributed by atoms with van der Waals surface area (Å²) in [7, 11) is 0. The molecule has 1 aliphatic rings. The van der Waals surface area contributed by atoms with E-state index >= 15 is 0 Å². The van der Waals surface area contributed by atoms with Crippen LogP contribution in [0, 0.1) is 5.92 Å². The first-order valence-electron chi connectivity index (χ1n) is 5.27. The molecule has 84 valence electrons. The maximum Gasteiger partial charge on any atom is 0.128 e. The lowest BCUT2D eigenvalue weighted by Gasteiger charge is -2.25. The topological polar surface area (TPSA) is 12.0 Å². The first-order chi connectivity index (χ1) is 6.88. The molecular formula is C12H17ClFN. The number of nitrogens with one attached hydrogen (secondary N) is 1. The number of rotatable bonds is 2. The summed E-state index contributed by atoms with van der Waals surface area (Å²) in [4.78, 5) is 0. The summed E-state index contributed by atoms with van der Waals surface area (Å²) in [6.07, 6.45) is 1.13. The zero-order valence-electron chi connectivity index (χ0n) is 8.66. The molecule has 1 heterocycles. The molecule has 1 aromatic rings. The van der Waals surface area contributed by atoms with Gasteiger partial charge in [-0.3, -0.25) is 0 Å². The van der Waals surface area contributed by atoms with Gasteiger partial charge in [-0.25, -0.2) is 4.39 Å². The lowest BCUT2D eigenvalue weighted by atomic mass is 9.89. The van der Waals surface area contributed by atoms with Crippen LogP contribution in [0.2, 0.25) is 0 Å². The fraction of sp³-hybridized carbons (Fsp3) is 0.500. The normalized spacial score (nSPS) is 19.3. The van der Waals surface area contributed by atoms with Crippen molar-refractivity contribution in [2.24, 2.45) is 5.92 Å². The Balaban J connectivity index is 0.00000112. The second-order valence-electron chi connectivity index (χ2n) is 3.90. The minimum atomic E-state index is -0.779. The molecule has 0 aliphatic carbocycles. The van der Waals surface area contributed by atoms with Crippen molar-refractivity contribution in [1.29, 1.82) is 0 Å². The largest absolute Gasteiger partial charge is 0.317 e. The molecular weight excluding hydrogens is 213 g/mol. The molecule has 1 saturated heterocycles. The molecule has 0 radical (unpaired) electrons. The summed E-state index contributed by atoms with van der Waals surface area (Å²) in [5.74, 6) is 0.207. The van der Waals surface area contributed by atoms with Crippen molar-refractivity contribution < 1.29 is 4.39 Å². The fourth-order valence-electron chi connectivity index (χ4n) is 2.05. The molecule has 3 heteroatoms. The van der Waals surface area contributed by atoms with Crippen molar-refractivity contribution in [3.05, 3.63) is 35.9 Å². The van der Waals surface area contributed by atoms with E-state index in [1.807, 2.05) is 30.3 Å². The first kappa shape index (κ1) is 12.5. The van der Waals surface area contributed by atoms with Gasteiger partial charge < -0.3 is 5.32 Å². The standard InChI is InChI=1S/C12H16FN.ClH/c13-12(10-4-2-1-3-5-10)11-6-8-14-9-7-11;/h1-5,11-12,14H,6-9H2;1H. The number of halogens is 2. The van der Waals surface area contributed by atoms with Gasteiger partial charge in [0.15, 0.2) is 0 Å². The van der Waals surface area contributed by atoms with Crippen LogP contribution in [-0.4, -0.2) is 13.1 Å². The third-order valence-electron chi connectivity index (χ3n) is 2.92. The van der Waals surface area contributed by atoms with Crippen molar-refractivity contribution in [2.45, 2.75) is 19.0 Å². The molecule has 1 fully saturated rings.